The summed E-state index contributed by atoms with van der Waals surface area (Å²) in [5, 5.41) is 8.63. The van der Waals surface area contributed by atoms with Crippen LogP contribution in [0.25, 0.3) is 0 Å². The van der Waals surface area contributed by atoms with E-state index < -0.39 is 0 Å². The Morgan fingerprint density at radius 2 is 1.62 bits per heavy atom. The molecule has 0 atom stereocenters. The van der Waals surface area contributed by atoms with E-state index in [9.17, 15) is 9.59 Å². The molecule has 0 aromatic heterocycles. The van der Waals surface area contributed by atoms with Crippen molar-refractivity contribution in [2.75, 3.05) is 17.7 Å². The van der Waals surface area contributed by atoms with Crippen LogP contribution in [-0.2, 0) is 11.2 Å². The average molecular weight is 448 g/mol. The molecule has 6 nitrogen and oxygen atoms in total. The number of anilines is 2. The Morgan fingerprint density at radius 3 is 2.31 bits per heavy atom. The van der Waals surface area contributed by atoms with Gasteiger partial charge in [0.1, 0.15) is 5.75 Å². The normalized spacial score (nSPS) is 10.2. The van der Waals surface area contributed by atoms with Gasteiger partial charge in [-0.2, -0.15) is 0 Å². The Morgan fingerprint density at radius 1 is 0.906 bits per heavy atom. The number of carbonyl (C=O) groups excluding carboxylic acids is 2. The smallest absolute Gasteiger partial charge is 0.257 e. The van der Waals surface area contributed by atoms with Gasteiger partial charge in [-0.3, -0.25) is 9.59 Å². The molecule has 0 saturated carbocycles. The summed E-state index contributed by atoms with van der Waals surface area (Å²) in [4.78, 5) is 25.2. The van der Waals surface area contributed by atoms with Crippen molar-refractivity contribution in [2.24, 2.45) is 0 Å². The molecule has 0 aliphatic carbocycles. The van der Waals surface area contributed by atoms with Crippen molar-refractivity contribution in [3.63, 3.8) is 0 Å². The Labute approximate surface area is 193 Å². The Bertz CT molecular complexity index is 1140. The zero-order valence-electron chi connectivity index (χ0n) is 18.2. The first kappa shape index (κ1) is 23.0. The molecular weight excluding hydrogens is 422 g/mol. The van der Waals surface area contributed by atoms with Crippen LogP contribution in [0.15, 0.2) is 66.7 Å². The third kappa shape index (κ3) is 6.15. The van der Waals surface area contributed by atoms with E-state index in [-0.39, 0.29) is 23.3 Å². The molecule has 0 bridgehead atoms. The van der Waals surface area contributed by atoms with Crippen LogP contribution < -0.4 is 20.7 Å². The van der Waals surface area contributed by atoms with Gasteiger partial charge in [-0.15, -0.1) is 0 Å². The fraction of sp³-hybridized carbons (Fsp3) is 0.160. The molecule has 0 radical (unpaired) electrons. The fourth-order valence-electron chi connectivity index (χ4n) is 3.06. The number of nitrogens with one attached hydrogen (secondary N) is 3. The highest BCUT2D eigenvalue weighted by molar-refractivity contribution is 7.80. The minimum Gasteiger partial charge on any atom is -0.497 e. The molecule has 3 aromatic carbocycles. The van der Waals surface area contributed by atoms with Crippen LogP contribution in [0.2, 0.25) is 0 Å². The molecule has 0 fully saturated rings. The van der Waals surface area contributed by atoms with Crippen molar-refractivity contribution >= 4 is 40.5 Å². The van der Waals surface area contributed by atoms with Crippen LogP contribution in [0.1, 0.15) is 27.0 Å². The molecule has 0 spiro atoms. The minimum absolute atomic E-state index is 0.120. The Balaban J connectivity index is 1.62. The second kappa shape index (κ2) is 10.5. The first-order chi connectivity index (χ1) is 15.4. The van der Waals surface area contributed by atoms with Gasteiger partial charge in [0.15, 0.2) is 5.11 Å². The molecule has 32 heavy (non-hydrogen) atoms. The maximum Gasteiger partial charge on any atom is 0.257 e. The van der Waals surface area contributed by atoms with Crippen LogP contribution in [-0.4, -0.2) is 24.0 Å². The Kier molecular flexibility index (Phi) is 7.57. The standard InChI is InChI=1S/C25H25N3O3S/c1-16-8-11-19(14-17(16)2)26-24(30)21-6-4-5-7-22(21)27-25(32)28-23(29)15-18-9-12-20(31-3)13-10-18/h4-14H,15H2,1-3H3,(H,26,30)(H2,27,28,29,32). The number of thiocarbonyl (C=S) groups is 1. The lowest BCUT2D eigenvalue weighted by molar-refractivity contribution is -0.119. The van der Waals surface area contributed by atoms with Gasteiger partial charge in [0.25, 0.3) is 5.91 Å². The lowest BCUT2D eigenvalue weighted by Crippen LogP contribution is -2.35. The van der Waals surface area contributed by atoms with Crippen molar-refractivity contribution in [3.8, 4) is 5.75 Å². The summed E-state index contributed by atoms with van der Waals surface area (Å²) >= 11 is 5.28. The van der Waals surface area contributed by atoms with Crippen LogP contribution in [0.4, 0.5) is 11.4 Å². The van der Waals surface area contributed by atoms with Gasteiger partial charge in [0.2, 0.25) is 5.91 Å². The average Bonchev–Trinajstić information content (AvgIpc) is 2.77. The van der Waals surface area contributed by atoms with E-state index in [1.165, 1.54) is 0 Å². The van der Waals surface area contributed by atoms with Crippen molar-refractivity contribution in [1.82, 2.24) is 5.32 Å². The number of rotatable bonds is 6. The first-order valence-corrected chi connectivity index (χ1v) is 10.5. The van der Waals surface area contributed by atoms with E-state index in [1.807, 2.05) is 44.2 Å². The number of ether oxygens (including phenoxy) is 1. The molecule has 0 aliphatic rings. The predicted octanol–water partition coefficient (Wildman–Crippen LogP) is 4.62. The van der Waals surface area contributed by atoms with Crippen LogP contribution in [0.3, 0.4) is 0 Å². The summed E-state index contributed by atoms with van der Waals surface area (Å²) in [5.74, 6) is 0.190. The van der Waals surface area contributed by atoms with Crippen molar-refractivity contribution in [1.29, 1.82) is 0 Å². The Hall–Kier alpha value is -3.71. The minimum atomic E-state index is -0.274. The molecule has 0 heterocycles. The molecule has 164 valence electrons. The zero-order valence-corrected chi connectivity index (χ0v) is 19.0. The van der Waals surface area contributed by atoms with E-state index in [0.717, 1.165) is 22.4 Å². The SMILES string of the molecule is COc1ccc(CC(=O)NC(=S)Nc2ccccc2C(=O)Nc2ccc(C)c(C)c2)cc1. The molecule has 7 heteroatoms. The summed E-state index contributed by atoms with van der Waals surface area (Å²) in [7, 11) is 1.59. The highest BCUT2D eigenvalue weighted by Crippen LogP contribution is 2.19. The highest BCUT2D eigenvalue weighted by Gasteiger charge is 2.14. The fourth-order valence-corrected chi connectivity index (χ4v) is 3.28. The van der Waals surface area contributed by atoms with E-state index >= 15 is 0 Å². The van der Waals surface area contributed by atoms with Gasteiger partial charge in [-0.05, 0) is 79.2 Å². The molecular formula is C25H25N3O3S. The summed E-state index contributed by atoms with van der Waals surface area (Å²) in [6.07, 6.45) is 0.167. The van der Waals surface area contributed by atoms with E-state index in [1.54, 1.807) is 43.5 Å². The zero-order chi connectivity index (χ0) is 23.1. The lowest BCUT2D eigenvalue weighted by Gasteiger charge is -2.14. The van der Waals surface area contributed by atoms with Gasteiger partial charge >= 0.3 is 0 Å². The van der Waals surface area contributed by atoms with Gasteiger partial charge in [0.05, 0.1) is 24.8 Å². The first-order valence-electron chi connectivity index (χ1n) is 10.1. The van der Waals surface area contributed by atoms with Crippen LogP contribution in [0, 0.1) is 13.8 Å². The maximum atomic E-state index is 12.8. The van der Waals surface area contributed by atoms with E-state index in [2.05, 4.69) is 16.0 Å². The molecule has 3 N–H and O–H groups in total. The topological polar surface area (TPSA) is 79.5 Å². The molecule has 0 unspecified atom stereocenters. The summed E-state index contributed by atoms with van der Waals surface area (Å²) in [6, 6.07) is 20.0. The third-order valence-electron chi connectivity index (χ3n) is 4.96. The van der Waals surface area contributed by atoms with Gasteiger partial charge in [0, 0.05) is 5.69 Å². The van der Waals surface area contributed by atoms with Crippen LogP contribution in [0.5, 0.6) is 5.75 Å². The second-order valence-corrected chi connectivity index (χ2v) is 7.73. The number of benzene rings is 3. The van der Waals surface area contributed by atoms with Gasteiger partial charge in [-0.25, -0.2) is 0 Å². The number of amides is 2. The number of hydrogen-bond donors (Lipinski definition) is 3. The monoisotopic (exact) mass is 447 g/mol. The third-order valence-corrected chi connectivity index (χ3v) is 5.17. The van der Waals surface area contributed by atoms with Crippen molar-refractivity contribution in [3.05, 3.63) is 89.0 Å². The summed E-state index contributed by atoms with van der Waals surface area (Å²) in [6.45, 7) is 4.01. The summed E-state index contributed by atoms with van der Waals surface area (Å²) in [5.41, 5.74) is 4.71. The molecule has 0 aliphatic heterocycles. The van der Waals surface area contributed by atoms with Gasteiger partial charge in [-0.1, -0.05) is 30.3 Å². The second-order valence-electron chi connectivity index (χ2n) is 7.33. The lowest BCUT2D eigenvalue weighted by atomic mass is 10.1. The van der Waals surface area contributed by atoms with E-state index in [4.69, 9.17) is 17.0 Å². The van der Waals surface area contributed by atoms with Gasteiger partial charge < -0.3 is 20.7 Å². The maximum absolute atomic E-state index is 12.8. The number of carbonyl (C=O) groups is 2. The molecule has 3 rings (SSSR count). The number of aryl methyl sites for hydroxylation is 2. The van der Waals surface area contributed by atoms with Crippen molar-refractivity contribution < 1.29 is 14.3 Å². The van der Waals surface area contributed by atoms with E-state index in [0.29, 0.717) is 16.9 Å². The largest absolute Gasteiger partial charge is 0.497 e. The highest BCUT2D eigenvalue weighted by atomic mass is 32.1. The quantitative estimate of drug-likeness (QED) is 0.481. The van der Waals surface area contributed by atoms with Crippen molar-refractivity contribution in [2.45, 2.75) is 20.3 Å². The molecule has 0 saturated heterocycles. The predicted molar refractivity (Wildman–Crippen MR) is 131 cm³/mol. The number of methoxy groups -OCH3 is 1. The molecule has 3 aromatic rings. The number of para-hydroxylation sites is 1. The molecule has 2 amide bonds. The summed E-state index contributed by atoms with van der Waals surface area (Å²) < 4.78 is 5.12. The van der Waals surface area contributed by atoms with Crippen LogP contribution >= 0.6 is 12.2 Å². The number of hydrogen-bond acceptors (Lipinski definition) is 4.